The Morgan fingerprint density at radius 3 is 2.76 bits per heavy atom. The first-order chi connectivity index (χ1) is 13.7. The highest BCUT2D eigenvalue weighted by Crippen LogP contribution is 2.34. The lowest BCUT2D eigenvalue weighted by atomic mass is 10.2. The number of carbonyl (C=O) groups excluding carboxylic acids is 1. The van der Waals surface area contributed by atoms with Crippen LogP contribution >= 0.6 is 15.9 Å². The highest BCUT2D eigenvalue weighted by Gasteiger charge is 2.15. The van der Waals surface area contributed by atoms with Crippen molar-refractivity contribution in [1.29, 1.82) is 0 Å². The number of nitrogens with zero attached hydrogens (tertiary/aromatic N) is 5. The molecule has 11 nitrogen and oxygen atoms in total. The van der Waals surface area contributed by atoms with Gasteiger partial charge >= 0.3 is 5.69 Å². The van der Waals surface area contributed by atoms with E-state index >= 15 is 0 Å². The lowest BCUT2D eigenvalue weighted by molar-refractivity contribution is -0.121. The SMILES string of the molecule is COc1cc(/C=N\NC(=O)Cn2cnc3c2c(=O)n(C)c(=O)n3C)cc(Br)c1O. The summed E-state index contributed by atoms with van der Waals surface area (Å²) in [5, 5.41) is 13.7. The molecule has 2 aromatic heterocycles. The minimum atomic E-state index is -0.544. The third kappa shape index (κ3) is 3.78. The summed E-state index contributed by atoms with van der Waals surface area (Å²) >= 11 is 3.20. The molecule has 0 saturated heterocycles. The zero-order valence-electron chi connectivity index (χ0n) is 15.7. The Bertz CT molecular complexity index is 1260. The van der Waals surface area contributed by atoms with Crippen molar-refractivity contribution in [1.82, 2.24) is 24.1 Å². The van der Waals surface area contributed by atoms with Crippen LogP contribution in [0.4, 0.5) is 0 Å². The van der Waals surface area contributed by atoms with E-state index in [9.17, 15) is 19.5 Å². The van der Waals surface area contributed by atoms with Crippen molar-refractivity contribution in [3.05, 3.63) is 49.3 Å². The van der Waals surface area contributed by atoms with E-state index in [-0.39, 0.29) is 29.2 Å². The Kier molecular flexibility index (Phi) is 5.55. The summed E-state index contributed by atoms with van der Waals surface area (Å²) < 4.78 is 9.00. The Labute approximate surface area is 172 Å². The fraction of sp³-hybridized carbons (Fsp3) is 0.235. The molecule has 0 radical (unpaired) electrons. The molecule has 0 saturated carbocycles. The number of phenols is 1. The first-order valence-corrected chi connectivity index (χ1v) is 9.03. The number of benzene rings is 1. The molecule has 0 aliphatic carbocycles. The number of hydrogen-bond donors (Lipinski definition) is 2. The molecule has 152 valence electrons. The molecule has 1 aromatic carbocycles. The molecule has 2 N–H and O–H groups in total. The first kappa shape index (κ1) is 20.3. The number of hydrazone groups is 1. The molecule has 2 heterocycles. The van der Waals surface area contributed by atoms with Crippen molar-refractivity contribution in [2.45, 2.75) is 6.54 Å². The highest BCUT2D eigenvalue weighted by molar-refractivity contribution is 9.10. The van der Waals surface area contributed by atoms with Gasteiger partial charge in [0.2, 0.25) is 0 Å². The van der Waals surface area contributed by atoms with Gasteiger partial charge in [0.1, 0.15) is 6.54 Å². The fourth-order valence-electron chi connectivity index (χ4n) is 2.71. The van der Waals surface area contributed by atoms with Gasteiger partial charge in [0.25, 0.3) is 11.5 Å². The number of amides is 1. The quantitative estimate of drug-likeness (QED) is 0.405. The van der Waals surface area contributed by atoms with Gasteiger partial charge in [-0.15, -0.1) is 0 Å². The Morgan fingerprint density at radius 1 is 1.34 bits per heavy atom. The Morgan fingerprint density at radius 2 is 2.07 bits per heavy atom. The van der Waals surface area contributed by atoms with Crippen molar-refractivity contribution in [3.63, 3.8) is 0 Å². The fourth-order valence-corrected chi connectivity index (χ4v) is 3.17. The van der Waals surface area contributed by atoms with Gasteiger partial charge in [-0.3, -0.25) is 18.7 Å². The largest absolute Gasteiger partial charge is 0.503 e. The van der Waals surface area contributed by atoms with Gasteiger partial charge in [0, 0.05) is 14.1 Å². The molecular formula is C17H17BrN6O5. The number of aryl methyl sites for hydroxylation is 1. The topological polar surface area (TPSA) is 133 Å². The first-order valence-electron chi connectivity index (χ1n) is 8.23. The number of aromatic nitrogens is 4. The number of nitrogens with one attached hydrogen (secondary N) is 1. The van der Waals surface area contributed by atoms with Gasteiger partial charge in [-0.2, -0.15) is 5.10 Å². The van der Waals surface area contributed by atoms with E-state index in [4.69, 9.17) is 4.74 Å². The number of aromatic hydroxyl groups is 1. The number of hydrogen-bond acceptors (Lipinski definition) is 7. The number of ether oxygens (including phenoxy) is 1. The van der Waals surface area contributed by atoms with Crippen LogP contribution in [-0.4, -0.2) is 43.0 Å². The van der Waals surface area contributed by atoms with Crippen LogP contribution in [0.15, 0.2) is 37.6 Å². The third-order valence-electron chi connectivity index (χ3n) is 4.20. The lowest BCUT2D eigenvalue weighted by Crippen LogP contribution is -2.38. The van der Waals surface area contributed by atoms with Crippen LogP contribution in [0.25, 0.3) is 11.2 Å². The number of fused-ring (bicyclic) bond motifs is 1. The van der Waals surface area contributed by atoms with E-state index in [2.05, 4.69) is 31.4 Å². The van der Waals surface area contributed by atoms with Crippen LogP contribution in [0.2, 0.25) is 0 Å². The molecule has 0 unspecified atom stereocenters. The molecule has 12 heteroatoms. The second-order valence-corrected chi connectivity index (χ2v) is 6.95. The molecule has 29 heavy (non-hydrogen) atoms. The van der Waals surface area contributed by atoms with E-state index in [0.717, 1.165) is 4.57 Å². The molecule has 0 bridgehead atoms. The third-order valence-corrected chi connectivity index (χ3v) is 4.81. The van der Waals surface area contributed by atoms with Gasteiger partial charge in [-0.05, 0) is 33.6 Å². The second-order valence-electron chi connectivity index (χ2n) is 6.10. The van der Waals surface area contributed by atoms with E-state index in [1.165, 1.54) is 42.9 Å². The normalized spacial score (nSPS) is 11.3. The Hall–Kier alpha value is -3.41. The van der Waals surface area contributed by atoms with Crippen molar-refractivity contribution in [2.24, 2.45) is 19.2 Å². The van der Waals surface area contributed by atoms with Crippen LogP contribution < -0.4 is 21.4 Å². The van der Waals surface area contributed by atoms with Gasteiger partial charge in [0.15, 0.2) is 22.7 Å². The van der Waals surface area contributed by atoms with Crippen LogP contribution in [-0.2, 0) is 25.4 Å². The molecular weight excluding hydrogens is 448 g/mol. The van der Waals surface area contributed by atoms with E-state index < -0.39 is 17.2 Å². The molecule has 1 amide bonds. The maximum Gasteiger partial charge on any atom is 0.332 e. The van der Waals surface area contributed by atoms with Crippen molar-refractivity contribution in [2.75, 3.05) is 7.11 Å². The zero-order chi connectivity index (χ0) is 21.3. The van der Waals surface area contributed by atoms with E-state index in [0.29, 0.717) is 10.0 Å². The van der Waals surface area contributed by atoms with Gasteiger partial charge < -0.3 is 14.4 Å². The summed E-state index contributed by atoms with van der Waals surface area (Å²) in [7, 11) is 4.27. The van der Waals surface area contributed by atoms with Crippen LogP contribution in [0.5, 0.6) is 11.5 Å². The predicted molar refractivity (Wildman–Crippen MR) is 108 cm³/mol. The summed E-state index contributed by atoms with van der Waals surface area (Å²) in [6.45, 7) is -0.218. The second kappa shape index (κ2) is 7.91. The van der Waals surface area contributed by atoms with Gasteiger partial charge in [-0.1, -0.05) is 0 Å². The maximum atomic E-state index is 12.4. The number of imidazole rings is 1. The molecule has 3 rings (SSSR count). The standard InChI is InChI=1S/C17H17BrN6O5/c1-22-15-13(16(27)23(2)17(22)28)24(8-19-15)7-12(25)21-20-6-9-4-10(18)14(26)11(5-9)29-3/h4-6,8,26H,7H2,1-3H3,(H,21,25)/b20-6-. The summed E-state index contributed by atoms with van der Waals surface area (Å²) in [5.41, 5.74) is 2.21. The molecule has 3 aromatic rings. The zero-order valence-corrected chi connectivity index (χ0v) is 17.3. The van der Waals surface area contributed by atoms with Crippen LogP contribution in [0.1, 0.15) is 5.56 Å². The van der Waals surface area contributed by atoms with E-state index in [1.54, 1.807) is 12.1 Å². The van der Waals surface area contributed by atoms with Crippen molar-refractivity contribution < 1.29 is 14.6 Å². The molecule has 0 aliphatic rings. The summed E-state index contributed by atoms with van der Waals surface area (Å²) in [6.07, 6.45) is 2.69. The van der Waals surface area contributed by atoms with Crippen molar-refractivity contribution in [3.8, 4) is 11.5 Å². The smallest absolute Gasteiger partial charge is 0.332 e. The number of phenolic OH excluding ortho intramolecular Hbond substituents is 1. The average Bonchev–Trinajstić information content (AvgIpc) is 3.10. The summed E-state index contributed by atoms with van der Waals surface area (Å²) in [4.78, 5) is 40.6. The van der Waals surface area contributed by atoms with Crippen LogP contribution in [0, 0.1) is 0 Å². The lowest BCUT2D eigenvalue weighted by Gasteiger charge is -2.07. The number of rotatable bonds is 5. The summed E-state index contributed by atoms with van der Waals surface area (Å²) in [5.74, 6) is -0.295. The molecule has 0 aliphatic heterocycles. The number of carbonyl (C=O) groups is 1. The van der Waals surface area contributed by atoms with Crippen LogP contribution in [0.3, 0.4) is 0 Å². The monoisotopic (exact) mass is 464 g/mol. The van der Waals surface area contributed by atoms with Crippen molar-refractivity contribution >= 4 is 39.2 Å². The maximum absolute atomic E-state index is 12.4. The Balaban J connectivity index is 1.79. The molecule has 0 atom stereocenters. The predicted octanol–water partition coefficient (Wildman–Crippen LogP) is 0.0607. The average molecular weight is 465 g/mol. The van der Waals surface area contributed by atoms with E-state index in [1.807, 2.05) is 0 Å². The van der Waals surface area contributed by atoms with Gasteiger partial charge in [-0.25, -0.2) is 15.2 Å². The minimum absolute atomic E-state index is 0.0448. The molecule has 0 spiro atoms. The minimum Gasteiger partial charge on any atom is -0.503 e. The number of methoxy groups -OCH3 is 1. The molecule has 0 fully saturated rings. The highest BCUT2D eigenvalue weighted by atomic mass is 79.9. The number of halogens is 1. The summed E-state index contributed by atoms with van der Waals surface area (Å²) in [6, 6.07) is 3.14. The van der Waals surface area contributed by atoms with Gasteiger partial charge in [0.05, 0.1) is 24.1 Å².